The number of rotatable bonds is 5. The van der Waals surface area contributed by atoms with E-state index in [0.29, 0.717) is 5.78 Å². The Morgan fingerprint density at radius 1 is 0.889 bits per heavy atom. The fourth-order valence-corrected chi connectivity index (χ4v) is 3.78. The van der Waals surface area contributed by atoms with Gasteiger partial charge in [0.25, 0.3) is 0 Å². The SMILES string of the molecule is CC(=O)CCN(C1CCCCC1)C1CCCCC1. The molecular weight excluding hydrogens is 222 g/mol. The second-order valence-corrected chi connectivity index (χ2v) is 6.27. The van der Waals surface area contributed by atoms with Crippen LogP contribution in [-0.2, 0) is 4.79 Å². The molecule has 2 aliphatic carbocycles. The molecule has 104 valence electrons. The lowest BCUT2D eigenvalue weighted by molar-refractivity contribution is -0.117. The summed E-state index contributed by atoms with van der Waals surface area (Å²) >= 11 is 0. The molecule has 0 radical (unpaired) electrons. The number of nitrogens with zero attached hydrogens (tertiary/aromatic N) is 1. The Labute approximate surface area is 112 Å². The van der Waals surface area contributed by atoms with Gasteiger partial charge < -0.3 is 0 Å². The summed E-state index contributed by atoms with van der Waals surface area (Å²) in [5, 5.41) is 0. The first kappa shape index (κ1) is 14.0. The third kappa shape index (κ3) is 4.08. The Morgan fingerprint density at radius 3 is 1.72 bits per heavy atom. The maximum atomic E-state index is 11.3. The zero-order chi connectivity index (χ0) is 12.8. The molecule has 0 amide bonds. The minimum absolute atomic E-state index is 0.353. The van der Waals surface area contributed by atoms with Gasteiger partial charge in [0.2, 0.25) is 0 Å². The van der Waals surface area contributed by atoms with Gasteiger partial charge in [0.15, 0.2) is 0 Å². The first-order valence-electron chi connectivity index (χ1n) is 8.02. The van der Waals surface area contributed by atoms with Crippen molar-refractivity contribution in [3.63, 3.8) is 0 Å². The highest BCUT2D eigenvalue weighted by atomic mass is 16.1. The van der Waals surface area contributed by atoms with Gasteiger partial charge in [0.1, 0.15) is 5.78 Å². The topological polar surface area (TPSA) is 20.3 Å². The van der Waals surface area contributed by atoms with Crippen LogP contribution < -0.4 is 0 Å². The molecule has 2 heteroatoms. The van der Waals surface area contributed by atoms with E-state index in [9.17, 15) is 4.79 Å². The summed E-state index contributed by atoms with van der Waals surface area (Å²) in [6.45, 7) is 2.75. The van der Waals surface area contributed by atoms with Crippen LogP contribution >= 0.6 is 0 Å². The molecule has 18 heavy (non-hydrogen) atoms. The summed E-state index contributed by atoms with van der Waals surface area (Å²) in [7, 11) is 0. The van der Waals surface area contributed by atoms with E-state index >= 15 is 0 Å². The first-order chi connectivity index (χ1) is 8.77. The van der Waals surface area contributed by atoms with Crippen LogP contribution in [0.15, 0.2) is 0 Å². The molecule has 2 nitrogen and oxygen atoms in total. The monoisotopic (exact) mass is 251 g/mol. The number of carbonyl (C=O) groups excluding carboxylic acids is 1. The summed E-state index contributed by atoms with van der Waals surface area (Å²) in [4.78, 5) is 14.0. The molecule has 0 N–H and O–H groups in total. The molecule has 2 aliphatic rings. The van der Waals surface area contributed by atoms with E-state index < -0.39 is 0 Å². The molecule has 0 spiro atoms. The predicted molar refractivity (Wildman–Crippen MR) is 75.8 cm³/mol. The Balaban J connectivity index is 1.93. The highest BCUT2D eigenvalue weighted by Crippen LogP contribution is 2.30. The average molecular weight is 251 g/mol. The van der Waals surface area contributed by atoms with Crippen LogP contribution in [0.3, 0.4) is 0 Å². The summed E-state index contributed by atoms with van der Waals surface area (Å²) < 4.78 is 0. The molecule has 0 saturated heterocycles. The van der Waals surface area contributed by atoms with Crippen LogP contribution in [0.5, 0.6) is 0 Å². The van der Waals surface area contributed by atoms with E-state index in [1.165, 1.54) is 64.2 Å². The summed E-state index contributed by atoms with van der Waals surface area (Å²) in [6.07, 6.45) is 14.7. The van der Waals surface area contributed by atoms with Crippen molar-refractivity contribution in [2.45, 2.75) is 89.6 Å². The Kier molecular flexibility index (Phi) is 5.68. The van der Waals surface area contributed by atoms with Crippen molar-refractivity contribution in [3.8, 4) is 0 Å². The van der Waals surface area contributed by atoms with Gasteiger partial charge in [-0.15, -0.1) is 0 Å². The molecule has 0 aromatic heterocycles. The lowest BCUT2D eigenvalue weighted by atomic mass is 9.88. The van der Waals surface area contributed by atoms with Gasteiger partial charge in [-0.05, 0) is 32.6 Å². The molecule has 0 bridgehead atoms. The predicted octanol–water partition coefficient (Wildman–Crippen LogP) is 3.93. The molecule has 0 aromatic rings. The quantitative estimate of drug-likeness (QED) is 0.738. The molecular formula is C16H29NO. The van der Waals surface area contributed by atoms with Crippen LogP contribution in [0.25, 0.3) is 0 Å². The fourth-order valence-electron chi connectivity index (χ4n) is 3.78. The third-order valence-corrected chi connectivity index (χ3v) is 4.81. The van der Waals surface area contributed by atoms with E-state index in [0.717, 1.165) is 25.0 Å². The largest absolute Gasteiger partial charge is 0.300 e. The van der Waals surface area contributed by atoms with E-state index in [2.05, 4.69) is 4.90 Å². The maximum Gasteiger partial charge on any atom is 0.131 e. The van der Waals surface area contributed by atoms with E-state index in [-0.39, 0.29) is 0 Å². The number of ketones is 1. The van der Waals surface area contributed by atoms with E-state index in [1.807, 2.05) is 0 Å². The van der Waals surface area contributed by atoms with Crippen molar-refractivity contribution in [3.05, 3.63) is 0 Å². The van der Waals surface area contributed by atoms with Gasteiger partial charge in [-0.1, -0.05) is 38.5 Å². The van der Waals surface area contributed by atoms with Crippen molar-refractivity contribution in [1.29, 1.82) is 0 Å². The first-order valence-corrected chi connectivity index (χ1v) is 8.02. The summed E-state index contributed by atoms with van der Waals surface area (Å²) in [5.41, 5.74) is 0. The molecule has 2 saturated carbocycles. The molecule has 0 heterocycles. The lowest BCUT2D eigenvalue weighted by Gasteiger charge is -2.41. The number of hydrogen-bond acceptors (Lipinski definition) is 2. The third-order valence-electron chi connectivity index (χ3n) is 4.81. The van der Waals surface area contributed by atoms with E-state index in [4.69, 9.17) is 0 Å². The summed E-state index contributed by atoms with van der Waals surface area (Å²) in [5.74, 6) is 0.353. The van der Waals surface area contributed by atoms with Crippen molar-refractivity contribution in [2.75, 3.05) is 6.54 Å². The van der Waals surface area contributed by atoms with Crippen molar-refractivity contribution in [1.82, 2.24) is 4.90 Å². The Hall–Kier alpha value is -0.370. The second-order valence-electron chi connectivity index (χ2n) is 6.27. The van der Waals surface area contributed by atoms with Crippen LogP contribution in [0.2, 0.25) is 0 Å². The summed E-state index contributed by atoms with van der Waals surface area (Å²) in [6, 6.07) is 1.56. The maximum absolute atomic E-state index is 11.3. The molecule has 0 atom stereocenters. The van der Waals surface area contributed by atoms with E-state index in [1.54, 1.807) is 6.92 Å². The Bertz CT molecular complexity index is 234. The fraction of sp³-hybridized carbons (Fsp3) is 0.938. The van der Waals surface area contributed by atoms with Crippen LogP contribution in [0, 0.1) is 0 Å². The molecule has 2 fully saturated rings. The number of hydrogen-bond donors (Lipinski definition) is 0. The van der Waals surface area contributed by atoms with Crippen LogP contribution in [-0.4, -0.2) is 29.3 Å². The second kappa shape index (κ2) is 7.28. The molecule has 0 aromatic carbocycles. The number of carbonyl (C=O) groups is 1. The van der Waals surface area contributed by atoms with Gasteiger partial charge in [0, 0.05) is 25.0 Å². The van der Waals surface area contributed by atoms with Gasteiger partial charge in [-0.2, -0.15) is 0 Å². The normalized spacial score (nSPS) is 23.4. The molecule has 0 aliphatic heterocycles. The minimum Gasteiger partial charge on any atom is -0.300 e. The Morgan fingerprint density at radius 2 is 1.33 bits per heavy atom. The highest BCUT2D eigenvalue weighted by Gasteiger charge is 2.28. The van der Waals surface area contributed by atoms with Gasteiger partial charge >= 0.3 is 0 Å². The van der Waals surface area contributed by atoms with Crippen molar-refractivity contribution in [2.24, 2.45) is 0 Å². The lowest BCUT2D eigenvalue weighted by Crippen LogP contribution is -2.46. The molecule has 2 rings (SSSR count). The minimum atomic E-state index is 0.353. The number of Topliss-reactive ketones (excluding diaryl/α,β-unsaturated/α-hetero) is 1. The van der Waals surface area contributed by atoms with Crippen molar-refractivity contribution < 1.29 is 4.79 Å². The van der Waals surface area contributed by atoms with Crippen molar-refractivity contribution >= 4 is 5.78 Å². The average Bonchev–Trinajstić information content (AvgIpc) is 2.41. The standard InChI is InChI=1S/C16H29NO/c1-14(18)12-13-17(15-8-4-2-5-9-15)16-10-6-3-7-11-16/h15-16H,2-13H2,1H3. The van der Waals surface area contributed by atoms with Gasteiger partial charge in [0.05, 0.1) is 0 Å². The zero-order valence-electron chi connectivity index (χ0n) is 12.0. The van der Waals surface area contributed by atoms with Crippen LogP contribution in [0.4, 0.5) is 0 Å². The van der Waals surface area contributed by atoms with Crippen LogP contribution in [0.1, 0.15) is 77.6 Å². The van der Waals surface area contributed by atoms with Gasteiger partial charge in [-0.3, -0.25) is 9.69 Å². The highest BCUT2D eigenvalue weighted by molar-refractivity contribution is 5.75. The van der Waals surface area contributed by atoms with Gasteiger partial charge in [-0.25, -0.2) is 0 Å². The smallest absolute Gasteiger partial charge is 0.131 e. The molecule has 0 unspecified atom stereocenters. The zero-order valence-corrected chi connectivity index (χ0v) is 12.0.